The minimum atomic E-state index is -1.24. The van der Waals surface area contributed by atoms with E-state index in [4.69, 9.17) is 4.74 Å². The molecule has 0 aliphatic heterocycles. The first-order valence-corrected chi connectivity index (χ1v) is 15.5. The number of hydrogen-bond donors (Lipinski definition) is 4. The second-order valence-electron chi connectivity index (χ2n) is 12.3. The highest BCUT2D eigenvalue weighted by atomic mass is 16.6. The largest absolute Gasteiger partial charge is 0.465 e. The van der Waals surface area contributed by atoms with E-state index < -0.39 is 41.9 Å². The lowest BCUT2D eigenvalue weighted by Crippen LogP contribution is -2.49. The van der Waals surface area contributed by atoms with E-state index in [1.54, 1.807) is 69.4 Å². The maximum atomic E-state index is 13.9. The number of carbonyl (C=O) groups is 3. The number of anilines is 1. The van der Waals surface area contributed by atoms with Crippen LogP contribution in [0.25, 0.3) is 0 Å². The van der Waals surface area contributed by atoms with Crippen molar-refractivity contribution in [1.82, 2.24) is 15.6 Å². The molecule has 10 nitrogen and oxygen atoms in total. The summed E-state index contributed by atoms with van der Waals surface area (Å²) < 4.78 is 5.50. The minimum absolute atomic E-state index is 0.0615. The number of ether oxygens (including phenoxy) is 1. The van der Waals surface area contributed by atoms with E-state index in [1.807, 2.05) is 60.7 Å². The molecule has 3 atom stereocenters. The maximum Gasteiger partial charge on any atom is 0.412 e. The lowest BCUT2D eigenvalue weighted by atomic mass is 9.93. The Kier molecular flexibility index (Phi) is 12.1. The van der Waals surface area contributed by atoms with E-state index in [0.29, 0.717) is 12.1 Å². The number of hydrogen-bond acceptors (Lipinski definition) is 6. The van der Waals surface area contributed by atoms with Crippen LogP contribution in [-0.4, -0.2) is 57.1 Å². The first-order chi connectivity index (χ1) is 22.5. The number of aromatic nitrogens is 1. The summed E-state index contributed by atoms with van der Waals surface area (Å²) in [5, 5.41) is 27.7. The van der Waals surface area contributed by atoms with Crippen molar-refractivity contribution in [2.24, 2.45) is 0 Å². The van der Waals surface area contributed by atoms with Crippen LogP contribution >= 0.6 is 0 Å². The lowest BCUT2D eigenvalue weighted by Gasteiger charge is -2.30. The average Bonchev–Trinajstić information content (AvgIpc) is 3.03. The van der Waals surface area contributed by atoms with Gasteiger partial charge in [0.05, 0.1) is 35.6 Å². The van der Waals surface area contributed by atoms with Crippen molar-refractivity contribution in [3.05, 3.63) is 132 Å². The van der Waals surface area contributed by atoms with Crippen LogP contribution in [0.3, 0.4) is 0 Å². The third-order valence-corrected chi connectivity index (χ3v) is 7.37. The summed E-state index contributed by atoms with van der Waals surface area (Å²) in [6, 6.07) is 29.4. The Morgan fingerprint density at radius 2 is 1.40 bits per heavy atom. The van der Waals surface area contributed by atoms with Crippen molar-refractivity contribution in [3.8, 4) is 0 Å². The number of nitrogens with zero attached hydrogens (tertiary/aromatic N) is 2. The highest BCUT2D eigenvalue weighted by Gasteiger charge is 2.29. The Bertz CT molecular complexity index is 1600. The Hall–Kier alpha value is -5.22. The molecule has 246 valence electrons. The minimum Gasteiger partial charge on any atom is -0.465 e. The summed E-state index contributed by atoms with van der Waals surface area (Å²) in [5.74, 6) is -0.549. The van der Waals surface area contributed by atoms with Crippen LogP contribution in [0.2, 0.25) is 0 Å². The van der Waals surface area contributed by atoms with Crippen LogP contribution in [0.15, 0.2) is 109 Å². The van der Waals surface area contributed by atoms with Gasteiger partial charge in [0.25, 0.3) is 5.91 Å². The number of rotatable bonds is 13. The Balaban J connectivity index is 1.60. The van der Waals surface area contributed by atoms with Gasteiger partial charge in [0.1, 0.15) is 5.60 Å². The molecule has 3 amide bonds. The molecule has 0 aliphatic rings. The fourth-order valence-electron chi connectivity index (χ4n) is 5.23. The summed E-state index contributed by atoms with van der Waals surface area (Å²) in [7, 11) is 0. The molecule has 0 spiro atoms. The Morgan fingerprint density at radius 3 is 2.00 bits per heavy atom. The fourth-order valence-corrected chi connectivity index (χ4v) is 5.23. The van der Waals surface area contributed by atoms with Crippen molar-refractivity contribution in [2.45, 2.75) is 70.4 Å². The van der Waals surface area contributed by atoms with Gasteiger partial charge in [-0.15, -0.1) is 0 Å². The zero-order chi connectivity index (χ0) is 33.8. The second-order valence-corrected chi connectivity index (χ2v) is 12.3. The van der Waals surface area contributed by atoms with Gasteiger partial charge in [0.15, 0.2) is 0 Å². The third-order valence-electron chi connectivity index (χ3n) is 7.37. The molecule has 0 saturated carbocycles. The van der Waals surface area contributed by atoms with Crippen molar-refractivity contribution in [1.29, 1.82) is 0 Å². The van der Waals surface area contributed by atoms with E-state index >= 15 is 0 Å². The number of amides is 3. The van der Waals surface area contributed by atoms with Gasteiger partial charge in [0.2, 0.25) is 0 Å². The van der Waals surface area contributed by atoms with Gasteiger partial charge in [-0.3, -0.25) is 14.7 Å². The van der Waals surface area contributed by atoms with Crippen molar-refractivity contribution in [3.63, 3.8) is 0 Å². The van der Waals surface area contributed by atoms with E-state index in [0.717, 1.165) is 16.0 Å². The molecule has 4 aromatic rings. The Morgan fingerprint density at radius 1 is 0.809 bits per heavy atom. The number of aliphatic hydroxyl groups is 1. The average molecular weight is 639 g/mol. The smallest absolute Gasteiger partial charge is 0.412 e. The van der Waals surface area contributed by atoms with Crippen LogP contribution < -0.4 is 15.5 Å². The number of nitrogens with one attached hydrogen (secondary N) is 2. The number of alkyl carbamates (subject to hydrolysis) is 1. The molecule has 0 saturated heterocycles. The highest BCUT2D eigenvalue weighted by molar-refractivity contribution is 6.03. The number of aliphatic hydroxyl groups excluding tert-OH is 1. The van der Waals surface area contributed by atoms with Crippen molar-refractivity contribution >= 4 is 23.8 Å². The number of carbonyl (C=O) groups excluding carboxylic acids is 2. The normalized spacial score (nSPS) is 13.1. The lowest BCUT2D eigenvalue weighted by molar-refractivity contribution is 0.0463. The van der Waals surface area contributed by atoms with Gasteiger partial charge in [-0.1, -0.05) is 78.9 Å². The van der Waals surface area contributed by atoms with Crippen LogP contribution in [-0.2, 0) is 24.1 Å². The molecule has 4 N–H and O–H groups in total. The maximum absolute atomic E-state index is 13.9. The standard InChI is InChI=1S/C37H42N4O6/c1-37(2,3)47-35(44)39-29(22-26-14-6-4-7-15-26)24-33(42)31(23-27-16-8-5-9-17-27)40-34(43)30-19-10-11-20-32(30)41(36(45)46)25-28-18-12-13-21-38-28/h4-21,29,31,33,42H,22-25H2,1-3H3,(H,39,44)(H,40,43)(H,45,46)/t29-,31-,33-/m0/s1. The quantitative estimate of drug-likeness (QED) is 0.141. The van der Waals surface area contributed by atoms with Crippen LogP contribution in [0.5, 0.6) is 0 Å². The van der Waals surface area contributed by atoms with Crippen molar-refractivity contribution in [2.75, 3.05) is 4.90 Å². The van der Waals surface area contributed by atoms with Crippen LogP contribution in [0.1, 0.15) is 54.4 Å². The second kappa shape index (κ2) is 16.4. The molecular formula is C37H42N4O6. The summed E-state index contributed by atoms with van der Waals surface area (Å²) in [5.41, 5.74) is 1.96. The molecule has 1 heterocycles. The summed E-state index contributed by atoms with van der Waals surface area (Å²) in [6.45, 7) is 5.27. The molecule has 0 bridgehead atoms. The number of carboxylic acid groups (broad SMARTS) is 1. The Labute approximate surface area is 275 Å². The predicted molar refractivity (Wildman–Crippen MR) is 180 cm³/mol. The molecule has 0 fully saturated rings. The van der Waals surface area contributed by atoms with Gasteiger partial charge in [-0.05, 0) is 75.4 Å². The topological polar surface area (TPSA) is 141 Å². The van der Waals surface area contributed by atoms with Gasteiger partial charge in [0, 0.05) is 12.2 Å². The zero-order valence-corrected chi connectivity index (χ0v) is 26.9. The fraction of sp³-hybridized carbons (Fsp3) is 0.297. The van der Waals surface area contributed by atoms with E-state index in [1.165, 1.54) is 0 Å². The highest BCUT2D eigenvalue weighted by Crippen LogP contribution is 2.24. The van der Waals surface area contributed by atoms with Gasteiger partial charge >= 0.3 is 12.2 Å². The number of pyridine rings is 1. The zero-order valence-electron chi connectivity index (χ0n) is 26.9. The molecular weight excluding hydrogens is 596 g/mol. The van der Waals surface area contributed by atoms with E-state index in [-0.39, 0.29) is 30.6 Å². The SMILES string of the molecule is CC(C)(C)OC(=O)N[C@@H](Cc1ccccc1)C[C@H](O)[C@H](Cc1ccccc1)NC(=O)c1ccccc1N(Cc1ccccn1)C(=O)O. The number of para-hydroxylation sites is 1. The molecule has 4 rings (SSSR count). The van der Waals surface area contributed by atoms with Gasteiger partial charge in [-0.25, -0.2) is 9.59 Å². The molecule has 1 aromatic heterocycles. The van der Waals surface area contributed by atoms with Gasteiger partial charge in [-0.2, -0.15) is 0 Å². The monoisotopic (exact) mass is 638 g/mol. The summed E-state index contributed by atoms with van der Waals surface area (Å²) in [4.78, 5) is 44.4. The van der Waals surface area contributed by atoms with Crippen molar-refractivity contribution < 1.29 is 29.3 Å². The molecule has 47 heavy (non-hydrogen) atoms. The molecule has 10 heteroatoms. The van der Waals surface area contributed by atoms with Gasteiger partial charge < -0.3 is 25.6 Å². The first-order valence-electron chi connectivity index (χ1n) is 15.5. The van der Waals surface area contributed by atoms with E-state index in [9.17, 15) is 24.6 Å². The first kappa shape index (κ1) is 34.6. The van der Waals surface area contributed by atoms with Crippen LogP contribution in [0, 0.1) is 0 Å². The molecule has 0 aliphatic carbocycles. The molecule has 0 unspecified atom stereocenters. The molecule has 3 aromatic carbocycles. The predicted octanol–water partition coefficient (Wildman–Crippen LogP) is 5.99. The third kappa shape index (κ3) is 11.0. The van der Waals surface area contributed by atoms with E-state index in [2.05, 4.69) is 15.6 Å². The van der Waals surface area contributed by atoms with Crippen LogP contribution in [0.4, 0.5) is 15.3 Å². The summed E-state index contributed by atoms with van der Waals surface area (Å²) >= 11 is 0. The summed E-state index contributed by atoms with van der Waals surface area (Å²) in [6.07, 6.45) is -0.553. The number of benzene rings is 3. The molecule has 0 radical (unpaired) electrons.